The number of para-hydroxylation sites is 2. The summed E-state index contributed by atoms with van der Waals surface area (Å²) in [5, 5.41) is 38.4. The molecule has 0 amide bonds. The lowest BCUT2D eigenvalue weighted by Crippen LogP contribution is -2.37. The first-order valence-corrected chi connectivity index (χ1v) is 10.9. The molecule has 1 heterocycles. The van der Waals surface area contributed by atoms with E-state index in [2.05, 4.69) is 0 Å². The third kappa shape index (κ3) is 4.42. The topological polar surface area (TPSA) is 175 Å². The van der Waals surface area contributed by atoms with Gasteiger partial charge in [0.15, 0.2) is 0 Å². The zero-order valence-electron chi connectivity index (χ0n) is 18.4. The lowest BCUT2D eigenvalue weighted by atomic mass is 9.67. The molecule has 2 unspecified atom stereocenters. The summed E-state index contributed by atoms with van der Waals surface area (Å²) in [6, 6.07) is 14.0. The van der Waals surface area contributed by atoms with Gasteiger partial charge in [0.25, 0.3) is 0 Å². The number of nitrogens with zero attached hydrogens (tertiary/aromatic N) is 2. The monoisotopic (exact) mass is 478 g/mol. The van der Waals surface area contributed by atoms with Crippen molar-refractivity contribution >= 4 is 34.9 Å². The number of benzene rings is 2. The lowest BCUT2D eigenvalue weighted by molar-refractivity contribution is -0.150. The molecule has 4 N–H and O–H groups in total. The van der Waals surface area contributed by atoms with Crippen LogP contribution < -0.4 is 0 Å². The second-order valence-electron chi connectivity index (χ2n) is 8.71. The normalized spacial score (nSPS) is 17.8. The van der Waals surface area contributed by atoms with Crippen molar-refractivity contribution < 1.29 is 39.6 Å². The number of carbonyl (C=O) groups is 4. The standard InChI is InChI=1S/C25H22N2O8/c28-19(29)9-13(23(32)33)11-25(12-14(24(34)35)10-20(30)31)16-6-2-1-5-15(16)21-22(25)27-18-8-4-3-7-17(18)26-21/h1-8,13-14H,9-12H2,(H,28,29)(H,30,31)(H,32,33)(H,34,35). The number of hydrogen-bond acceptors (Lipinski definition) is 6. The van der Waals surface area contributed by atoms with Gasteiger partial charge in [-0.3, -0.25) is 19.2 Å². The molecule has 2 atom stereocenters. The third-order valence-electron chi connectivity index (χ3n) is 6.45. The van der Waals surface area contributed by atoms with Crippen molar-refractivity contribution in [1.82, 2.24) is 9.97 Å². The Morgan fingerprint density at radius 3 is 1.71 bits per heavy atom. The molecule has 10 heteroatoms. The molecule has 0 bridgehead atoms. The van der Waals surface area contributed by atoms with Gasteiger partial charge in [-0.15, -0.1) is 0 Å². The van der Waals surface area contributed by atoms with E-state index in [0.717, 1.165) is 0 Å². The van der Waals surface area contributed by atoms with Gasteiger partial charge in [0.1, 0.15) is 0 Å². The molecule has 4 rings (SSSR count). The van der Waals surface area contributed by atoms with Crippen LogP contribution >= 0.6 is 0 Å². The van der Waals surface area contributed by atoms with Crippen LogP contribution in [0, 0.1) is 11.8 Å². The molecule has 0 saturated heterocycles. The highest BCUT2D eigenvalue weighted by Gasteiger charge is 2.50. The highest BCUT2D eigenvalue weighted by molar-refractivity contribution is 5.86. The van der Waals surface area contributed by atoms with Crippen molar-refractivity contribution in [2.45, 2.75) is 31.1 Å². The van der Waals surface area contributed by atoms with E-state index < -0.39 is 54.0 Å². The van der Waals surface area contributed by atoms with E-state index in [1.165, 1.54) is 0 Å². The maximum Gasteiger partial charge on any atom is 0.307 e. The van der Waals surface area contributed by atoms with Gasteiger partial charge >= 0.3 is 23.9 Å². The van der Waals surface area contributed by atoms with Gasteiger partial charge < -0.3 is 20.4 Å². The smallest absolute Gasteiger partial charge is 0.307 e. The van der Waals surface area contributed by atoms with Crippen LogP contribution in [0.4, 0.5) is 0 Å². The van der Waals surface area contributed by atoms with Crippen LogP contribution in [0.2, 0.25) is 0 Å². The molecule has 35 heavy (non-hydrogen) atoms. The Bertz CT molecular complexity index is 1320. The maximum atomic E-state index is 12.1. The highest BCUT2D eigenvalue weighted by Crippen LogP contribution is 2.54. The summed E-state index contributed by atoms with van der Waals surface area (Å²) in [4.78, 5) is 56.6. The van der Waals surface area contributed by atoms with E-state index in [0.29, 0.717) is 33.5 Å². The molecule has 1 aromatic heterocycles. The summed E-state index contributed by atoms with van der Waals surface area (Å²) in [7, 11) is 0. The number of carboxylic acid groups (broad SMARTS) is 4. The highest BCUT2D eigenvalue weighted by atomic mass is 16.4. The van der Waals surface area contributed by atoms with Crippen molar-refractivity contribution in [2.24, 2.45) is 11.8 Å². The summed E-state index contributed by atoms with van der Waals surface area (Å²) in [6.45, 7) is 0. The van der Waals surface area contributed by atoms with Crippen LogP contribution in [0.25, 0.3) is 22.3 Å². The Balaban J connectivity index is 2.00. The largest absolute Gasteiger partial charge is 0.481 e. The fourth-order valence-electron chi connectivity index (χ4n) is 5.01. The van der Waals surface area contributed by atoms with Gasteiger partial charge in [0.2, 0.25) is 0 Å². The van der Waals surface area contributed by atoms with Crippen LogP contribution in [0.15, 0.2) is 48.5 Å². The molecule has 2 aromatic carbocycles. The van der Waals surface area contributed by atoms with Crippen LogP contribution in [0.1, 0.15) is 36.9 Å². The Morgan fingerprint density at radius 1 is 0.714 bits per heavy atom. The minimum atomic E-state index is -1.38. The van der Waals surface area contributed by atoms with Gasteiger partial charge in [-0.25, -0.2) is 9.97 Å². The minimum absolute atomic E-state index is 0.283. The van der Waals surface area contributed by atoms with E-state index in [1.54, 1.807) is 48.5 Å². The molecule has 0 radical (unpaired) electrons. The van der Waals surface area contributed by atoms with Crippen LogP contribution in [-0.4, -0.2) is 54.3 Å². The fraction of sp³-hybridized carbons (Fsp3) is 0.280. The van der Waals surface area contributed by atoms with E-state index in [9.17, 15) is 39.6 Å². The van der Waals surface area contributed by atoms with Crippen LogP contribution in [0.3, 0.4) is 0 Å². The quantitative estimate of drug-likeness (QED) is 0.339. The van der Waals surface area contributed by atoms with Gasteiger partial charge in [-0.05, 0) is 30.5 Å². The third-order valence-corrected chi connectivity index (χ3v) is 6.45. The number of rotatable bonds is 10. The van der Waals surface area contributed by atoms with Gasteiger partial charge in [0, 0.05) is 11.0 Å². The second-order valence-corrected chi connectivity index (χ2v) is 8.71. The van der Waals surface area contributed by atoms with Crippen molar-refractivity contribution in [2.75, 3.05) is 0 Å². The molecule has 0 aliphatic heterocycles. The summed E-state index contributed by atoms with van der Waals surface area (Å²) >= 11 is 0. The maximum absolute atomic E-state index is 12.1. The van der Waals surface area contributed by atoms with E-state index >= 15 is 0 Å². The number of carboxylic acids is 4. The predicted octanol–water partition coefficient (Wildman–Crippen LogP) is 3.03. The number of fused-ring (bicyclic) bond motifs is 4. The first-order valence-electron chi connectivity index (χ1n) is 10.9. The Hall–Kier alpha value is -4.34. The van der Waals surface area contributed by atoms with E-state index in [4.69, 9.17) is 9.97 Å². The summed E-state index contributed by atoms with van der Waals surface area (Å²) in [5.41, 5.74) is 1.65. The molecule has 3 aromatic rings. The van der Waals surface area contributed by atoms with Crippen LogP contribution in [-0.2, 0) is 24.6 Å². The van der Waals surface area contributed by atoms with Gasteiger partial charge in [0.05, 0.1) is 47.1 Å². The average Bonchev–Trinajstić information content (AvgIpc) is 3.05. The molecular formula is C25H22N2O8. The molecule has 1 aliphatic carbocycles. The van der Waals surface area contributed by atoms with Crippen molar-refractivity contribution in [3.05, 3.63) is 59.8 Å². The molecule has 180 valence electrons. The lowest BCUT2D eigenvalue weighted by Gasteiger charge is -2.35. The Kier molecular flexibility index (Phi) is 6.21. The first-order chi connectivity index (χ1) is 16.6. The van der Waals surface area contributed by atoms with Crippen LogP contribution in [0.5, 0.6) is 0 Å². The number of aromatic nitrogens is 2. The fourth-order valence-corrected chi connectivity index (χ4v) is 5.01. The van der Waals surface area contributed by atoms with Crippen molar-refractivity contribution in [3.8, 4) is 11.3 Å². The second kappa shape index (κ2) is 9.13. The molecule has 1 aliphatic rings. The Morgan fingerprint density at radius 2 is 1.20 bits per heavy atom. The van der Waals surface area contributed by atoms with Crippen molar-refractivity contribution in [1.29, 1.82) is 0 Å². The average molecular weight is 478 g/mol. The van der Waals surface area contributed by atoms with E-state index in [-0.39, 0.29) is 12.8 Å². The zero-order chi connectivity index (χ0) is 25.3. The number of hydrogen-bond donors (Lipinski definition) is 4. The van der Waals surface area contributed by atoms with Gasteiger partial charge in [-0.2, -0.15) is 0 Å². The molecule has 0 spiro atoms. The summed E-state index contributed by atoms with van der Waals surface area (Å²) in [6.07, 6.45) is -1.94. The first kappa shape index (κ1) is 23.8. The SMILES string of the molecule is O=C(O)CC(CC1(CC(CC(=O)O)C(=O)O)c2ccccc2-c2nc3ccccc3nc21)C(=O)O. The van der Waals surface area contributed by atoms with E-state index in [1.807, 2.05) is 0 Å². The minimum Gasteiger partial charge on any atom is -0.481 e. The van der Waals surface area contributed by atoms with Gasteiger partial charge in [-0.1, -0.05) is 36.4 Å². The predicted molar refractivity (Wildman–Crippen MR) is 122 cm³/mol. The summed E-state index contributed by atoms with van der Waals surface area (Å²) in [5.74, 6) is -8.08. The zero-order valence-corrected chi connectivity index (χ0v) is 18.4. The molecular weight excluding hydrogens is 456 g/mol. The molecule has 10 nitrogen and oxygen atoms in total. The van der Waals surface area contributed by atoms with Crippen molar-refractivity contribution in [3.63, 3.8) is 0 Å². The Labute approximate surface area is 198 Å². The summed E-state index contributed by atoms with van der Waals surface area (Å²) < 4.78 is 0. The number of aliphatic carboxylic acids is 4. The molecule has 0 fully saturated rings. The molecule has 0 saturated carbocycles.